The second-order valence-corrected chi connectivity index (χ2v) is 7.08. The zero-order valence-electron chi connectivity index (χ0n) is 16.9. The normalized spacial score (nSPS) is 11.4. The molecule has 0 bridgehead atoms. The maximum atomic E-state index is 14.6. The molecule has 1 aromatic carbocycles. The van der Waals surface area contributed by atoms with E-state index in [1.54, 1.807) is 0 Å². The number of hydrogen-bond donors (Lipinski definition) is 0. The van der Waals surface area contributed by atoms with Gasteiger partial charge in [-0.05, 0) is 25.1 Å². The zero-order valence-corrected chi connectivity index (χ0v) is 17.7. The lowest BCUT2D eigenvalue weighted by atomic mass is 10.2. The van der Waals surface area contributed by atoms with Crippen LogP contribution in [0.15, 0.2) is 46.1 Å². The highest BCUT2D eigenvalue weighted by molar-refractivity contribution is 6.32. The monoisotopic (exact) mass is 487 g/mol. The highest BCUT2D eigenvalue weighted by atomic mass is 35.5. The fourth-order valence-electron chi connectivity index (χ4n) is 2.74. The van der Waals surface area contributed by atoms with Gasteiger partial charge in [-0.15, -0.1) is 0 Å². The standard InChI is InChI=1S/C20H14ClF4N3O5/c1-10(29)9-32-18-14(4-3-5-26-18)33-15-7-13(12(22)6-11(15)21)28-17(30)8-16(20(23,24)25)27(2)19(28)31/h3-8H,9H2,1-2H3. The molecule has 174 valence electrons. The van der Waals surface area contributed by atoms with E-state index in [4.69, 9.17) is 21.1 Å². The van der Waals surface area contributed by atoms with Crippen LogP contribution in [0.5, 0.6) is 17.4 Å². The third-order valence-corrected chi connectivity index (χ3v) is 4.52. The molecule has 2 heterocycles. The van der Waals surface area contributed by atoms with Crippen molar-refractivity contribution in [1.82, 2.24) is 14.1 Å². The molecule has 0 saturated heterocycles. The van der Waals surface area contributed by atoms with Crippen molar-refractivity contribution in [1.29, 1.82) is 0 Å². The first-order chi connectivity index (χ1) is 15.4. The number of benzene rings is 1. The van der Waals surface area contributed by atoms with Crippen LogP contribution in [0, 0.1) is 5.82 Å². The Morgan fingerprint density at radius 1 is 1.18 bits per heavy atom. The minimum absolute atomic E-state index is 0.0362. The number of halogens is 5. The number of pyridine rings is 1. The number of carbonyl (C=O) groups excluding carboxylic acids is 1. The predicted molar refractivity (Wildman–Crippen MR) is 108 cm³/mol. The Kier molecular flexibility index (Phi) is 6.58. The molecular formula is C20H14ClF4N3O5. The predicted octanol–water partition coefficient (Wildman–Crippen LogP) is 3.50. The van der Waals surface area contributed by atoms with E-state index in [2.05, 4.69) is 4.98 Å². The summed E-state index contributed by atoms with van der Waals surface area (Å²) in [6.07, 6.45) is -3.62. The SMILES string of the molecule is CC(=O)COc1ncccc1Oc1cc(-n2c(=O)cc(C(F)(F)F)n(C)c2=O)c(F)cc1Cl. The minimum Gasteiger partial charge on any atom is -0.467 e. The summed E-state index contributed by atoms with van der Waals surface area (Å²) in [5, 5.41) is -0.283. The van der Waals surface area contributed by atoms with Gasteiger partial charge in [-0.25, -0.2) is 18.7 Å². The number of ketones is 1. The molecule has 0 aliphatic carbocycles. The number of rotatable bonds is 6. The number of aromatic nitrogens is 3. The molecule has 0 radical (unpaired) electrons. The molecule has 0 fully saturated rings. The largest absolute Gasteiger partial charge is 0.467 e. The first-order valence-electron chi connectivity index (χ1n) is 9.05. The van der Waals surface area contributed by atoms with Gasteiger partial charge in [0, 0.05) is 25.4 Å². The van der Waals surface area contributed by atoms with Gasteiger partial charge in [0.25, 0.3) is 11.4 Å². The highest BCUT2D eigenvalue weighted by Gasteiger charge is 2.35. The molecule has 8 nitrogen and oxygen atoms in total. The van der Waals surface area contributed by atoms with Crippen LogP contribution in [-0.2, 0) is 18.0 Å². The molecule has 0 N–H and O–H groups in total. The number of alkyl halides is 3. The van der Waals surface area contributed by atoms with Crippen LogP contribution in [0.25, 0.3) is 5.69 Å². The molecule has 0 aliphatic heterocycles. The molecule has 3 rings (SSSR count). The van der Waals surface area contributed by atoms with E-state index in [0.717, 1.165) is 19.2 Å². The van der Waals surface area contributed by atoms with Gasteiger partial charge in [-0.1, -0.05) is 11.6 Å². The summed E-state index contributed by atoms with van der Waals surface area (Å²) >= 11 is 6.01. The Bertz CT molecular complexity index is 1350. The average molecular weight is 488 g/mol. The van der Waals surface area contributed by atoms with Crippen molar-refractivity contribution in [2.45, 2.75) is 13.1 Å². The van der Waals surface area contributed by atoms with Gasteiger partial charge in [-0.3, -0.25) is 14.2 Å². The van der Waals surface area contributed by atoms with Gasteiger partial charge in [0.2, 0.25) is 0 Å². The van der Waals surface area contributed by atoms with Crippen molar-refractivity contribution in [3.63, 3.8) is 0 Å². The first kappa shape index (κ1) is 24.0. The smallest absolute Gasteiger partial charge is 0.431 e. The fourth-order valence-corrected chi connectivity index (χ4v) is 2.93. The zero-order chi connectivity index (χ0) is 24.5. The van der Waals surface area contributed by atoms with E-state index >= 15 is 0 Å². The van der Waals surface area contributed by atoms with Gasteiger partial charge >= 0.3 is 11.9 Å². The Labute approximate surface area is 187 Å². The van der Waals surface area contributed by atoms with Crippen LogP contribution in [-0.4, -0.2) is 26.5 Å². The Morgan fingerprint density at radius 2 is 1.88 bits per heavy atom. The molecule has 0 atom stereocenters. The summed E-state index contributed by atoms with van der Waals surface area (Å²) in [6, 6.07) is 4.62. The average Bonchev–Trinajstić information content (AvgIpc) is 2.72. The van der Waals surface area contributed by atoms with Crippen LogP contribution < -0.4 is 20.7 Å². The number of hydrogen-bond acceptors (Lipinski definition) is 6. The van der Waals surface area contributed by atoms with Gasteiger partial charge in [0.1, 0.15) is 23.9 Å². The van der Waals surface area contributed by atoms with Crippen molar-refractivity contribution in [3.05, 3.63) is 73.9 Å². The van der Waals surface area contributed by atoms with E-state index in [0.29, 0.717) is 0 Å². The van der Waals surface area contributed by atoms with Gasteiger partial charge in [-0.2, -0.15) is 13.2 Å². The van der Waals surface area contributed by atoms with Crippen molar-refractivity contribution in [2.24, 2.45) is 7.05 Å². The first-order valence-corrected chi connectivity index (χ1v) is 9.42. The summed E-state index contributed by atoms with van der Waals surface area (Å²) < 4.78 is 65.0. The summed E-state index contributed by atoms with van der Waals surface area (Å²) in [7, 11) is 0.792. The second-order valence-electron chi connectivity index (χ2n) is 6.68. The maximum absolute atomic E-state index is 14.6. The van der Waals surface area contributed by atoms with Crippen LogP contribution in [0.4, 0.5) is 17.6 Å². The molecule has 33 heavy (non-hydrogen) atoms. The third kappa shape index (κ3) is 5.06. The Morgan fingerprint density at radius 3 is 2.52 bits per heavy atom. The Hall–Kier alpha value is -3.67. The number of ether oxygens (including phenoxy) is 2. The third-order valence-electron chi connectivity index (χ3n) is 4.22. The van der Waals surface area contributed by atoms with Crippen LogP contribution in [0.1, 0.15) is 12.6 Å². The second kappa shape index (κ2) is 9.06. The topological polar surface area (TPSA) is 92.4 Å². The molecule has 0 amide bonds. The molecule has 0 spiro atoms. The van der Waals surface area contributed by atoms with Crippen LogP contribution >= 0.6 is 11.6 Å². The highest BCUT2D eigenvalue weighted by Crippen LogP contribution is 2.36. The van der Waals surface area contributed by atoms with Crippen molar-refractivity contribution >= 4 is 17.4 Å². The van der Waals surface area contributed by atoms with Crippen LogP contribution in [0.3, 0.4) is 0 Å². The number of Topliss-reactive ketones (excluding diaryl/α,β-unsaturated/α-hetero) is 1. The fraction of sp³-hybridized carbons (Fsp3) is 0.200. The van der Waals surface area contributed by atoms with E-state index in [-0.39, 0.29) is 50.0 Å². The maximum Gasteiger partial charge on any atom is 0.431 e. The summed E-state index contributed by atoms with van der Waals surface area (Å²) in [5.74, 6) is -1.86. The lowest BCUT2D eigenvalue weighted by molar-refractivity contribution is -0.144. The van der Waals surface area contributed by atoms with Gasteiger partial charge < -0.3 is 9.47 Å². The Balaban J connectivity index is 2.12. The quantitative estimate of drug-likeness (QED) is 0.494. The molecule has 3 aromatic rings. The van der Waals surface area contributed by atoms with Crippen molar-refractivity contribution in [3.8, 4) is 23.1 Å². The van der Waals surface area contributed by atoms with Crippen molar-refractivity contribution in [2.75, 3.05) is 6.61 Å². The lowest BCUT2D eigenvalue weighted by Gasteiger charge is -2.16. The van der Waals surface area contributed by atoms with Gasteiger partial charge in [0.15, 0.2) is 11.5 Å². The minimum atomic E-state index is -4.98. The van der Waals surface area contributed by atoms with E-state index in [9.17, 15) is 31.9 Å². The summed E-state index contributed by atoms with van der Waals surface area (Å²) in [5.41, 5.74) is -5.04. The van der Waals surface area contributed by atoms with E-state index < -0.39 is 34.6 Å². The molecular weight excluding hydrogens is 474 g/mol. The summed E-state index contributed by atoms with van der Waals surface area (Å²) in [6.45, 7) is 0.974. The molecule has 0 aliphatic rings. The van der Waals surface area contributed by atoms with Crippen LogP contribution in [0.2, 0.25) is 5.02 Å². The molecule has 0 unspecified atom stereocenters. The van der Waals surface area contributed by atoms with E-state index in [1.165, 1.54) is 25.3 Å². The van der Waals surface area contributed by atoms with Crippen molar-refractivity contribution < 1.29 is 31.8 Å². The molecule has 13 heteroatoms. The number of nitrogens with zero attached hydrogens (tertiary/aromatic N) is 3. The molecule has 2 aromatic heterocycles. The van der Waals surface area contributed by atoms with Gasteiger partial charge in [0.05, 0.1) is 10.7 Å². The molecule has 0 saturated carbocycles. The number of carbonyl (C=O) groups is 1. The lowest BCUT2D eigenvalue weighted by Crippen LogP contribution is -2.41. The van der Waals surface area contributed by atoms with E-state index in [1.807, 2.05) is 0 Å². The summed E-state index contributed by atoms with van der Waals surface area (Å²) in [4.78, 5) is 39.9.